The lowest BCUT2D eigenvalue weighted by atomic mass is 9.64. The average molecular weight is 326 g/mol. The zero-order chi connectivity index (χ0) is 17.5. The molecule has 1 aliphatic carbocycles. The number of rotatable bonds is 3. The number of piperidine rings is 1. The van der Waals surface area contributed by atoms with E-state index < -0.39 is 5.60 Å². The Kier molecular flexibility index (Phi) is 5.03. The number of nitrogens with zero attached hydrogens (tertiary/aromatic N) is 1. The number of hydrogen-bond donors (Lipinski definition) is 2. The highest BCUT2D eigenvalue weighted by Crippen LogP contribution is 2.41. The fraction of sp³-hybridized carbons (Fsp3) is 0.944. The van der Waals surface area contributed by atoms with Gasteiger partial charge >= 0.3 is 6.09 Å². The summed E-state index contributed by atoms with van der Waals surface area (Å²) >= 11 is 0. The van der Waals surface area contributed by atoms with Gasteiger partial charge in [0.05, 0.1) is 6.10 Å². The molecule has 0 aromatic heterocycles. The van der Waals surface area contributed by atoms with Gasteiger partial charge in [-0.25, -0.2) is 4.79 Å². The third-order valence-corrected chi connectivity index (χ3v) is 5.61. The molecule has 2 atom stereocenters. The van der Waals surface area contributed by atoms with Gasteiger partial charge in [-0.2, -0.15) is 0 Å². The molecule has 0 spiro atoms. The van der Waals surface area contributed by atoms with Gasteiger partial charge in [-0.15, -0.1) is 0 Å². The smallest absolute Gasteiger partial charge is 0.410 e. The monoisotopic (exact) mass is 326 g/mol. The lowest BCUT2D eigenvalue weighted by Gasteiger charge is -2.51. The summed E-state index contributed by atoms with van der Waals surface area (Å²) in [7, 11) is 0. The van der Waals surface area contributed by atoms with Crippen molar-refractivity contribution in [2.45, 2.75) is 78.6 Å². The molecule has 2 fully saturated rings. The Morgan fingerprint density at radius 2 is 1.83 bits per heavy atom. The first-order valence-electron chi connectivity index (χ1n) is 8.82. The van der Waals surface area contributed by atoms with Crippen LogP contribution < -0.4 is 5.32 Å². The molecule has 23 heavy (non-hydrogen) atoms. The van der Waals surface area contributed by atoms with Gasteiger partial charge in [0.1, 0.15) is 5.60 Å². The number of hydrogen-bond acceptors (Lipinski definition) is 4. The third-order valence-electron chi connectivity index (χ3n) is 5.61. The molecule has 1 aliphatic heterocycles. The Labute approximate surface area is 140 Å². The zero-order valence-corrected chi connectivity index (χ0v) is 15.6. The van der Waals surface area contributed by atoms with Gasteiger partial charge < -0.3 is 20.1 Å². The molecular formula is C18H34N2O3. The minimum absolute atomic E-state index is 0.0342. The minimum atomic E-state index is -0.434. The number of carbonyl (C=O) groups excluding carboxylic acids is 1. The highest BCUT2D eigenvalue weighted by atomic mass is 16.6. The Hall–Kier alpha value is -0.810. The van der Waals surface area contributed by atoms with Crippen LogP contribution in [-0.4, -0.2) is 53.5 Å². The van der Waals surface area contributed by atoms with E-state index in [0.717, 1.165) is 38.9 Å². The molecule has 0 bridgehead atoms. The molecule has 5 nitrogen and oxygen atoms in total. The van der Waals surface area contributed by atoms with Crippen LogP contribution in [0.5, 0.6) is 0 Å². The number of amides is 1. The Balaban J connectivity index is 1.78. The lowest BCUT2D eigenvalue weighted by molar-refractivity contribution is -0.0761. The number of nitrogens with one attached hydrogen (secondary N) is 1. The van der Waals surface area contributed by atoms with Crippen LogP contribution in [0.25, 0.3) is 0 Å². The predicted octanol–water partition coefficient (Wildman–Crippen LogP) is 2.77. The maximum absolute atomic E-state index is 12.1. The molecule has 1 saturated heterocycles. The standard InChI is InChI=1S/C18H34N2O3/c1-16(2,3)23-15(22)20-9-7-18(6,8-10-20)12-19-13-11-14(21)17(13,4)5/h13-14,19,21H,7-12H2,1-6H3. The summed E-state index contributed by atoms with van der Waals surface area (Å²) in [6.45, 7) is 14.7. The second kappa shape index (κ2) is 6.25. The van der Waals surface area contributed by atoms with Crippen molar-refractivity contribution < 1.29 is 14.6 Å². The van der Waals surface area contributed by atoms with Crippen molar-refractivity contribution in [3.8, 4) is 0 Å². The topological polar surface area (TPSA) is 61.8 Å². The third kappa shape index (κ3) is 4.38. The molecule has 1 heterocycles. The van der Waals surface area contributed by atoms with Crippen molar-refractivity contribution >= 4 is 6.09 Å². The molecule has 1 saturated carbocycles. The summed E-state index contributed by atoms with van der Waals surface area (Å²) in [6, 6.07) is 0.387. The summed E-state index contributed by atoms with van der Waals surface area (Å²) in [6.07, 6.45) is 2.41. The van der Waals surface area contributed by atoms with E-state index in [2.05, 4.69) is 26.1 Å². The van der Waals surface area contributed by atoms with E-state index >= 15 is 0 Å². The molecule has 5 heteroatoms. The van der Waals surface area contributed by atoms with E-state index in [4.69, 9.17) is 4.74 Å². The Morgan fingerprint density at radius 3 is 2.26 bits per heavy atom. The van der Waals surface area contributed by atoms with Crippen LogP contribution >= 0.6 is 0 Å². The van der Waals surface area contributed by atoms with Gasteiger partial charge in [0.2, 0.25) is 0 Å². The number of ether oxygens (including phenoxy) is 1. The average Bonchev–Trinajstić information content (AvgIpc) is 2.42. The van der Waals surface area contributed by atoms with E-state index in [-0.39, 0.29) is 23.0 Å². The highest BCUT2D eigenvalue weighted by Gasteiger charge is 2.47. The van der Waals surface area contributed by atoms with Gasteiger partial charge in [0, 0.05) is 31.1 Å². The summed E-state index contributed by atoms with van der Waals surface area (Å²) < 4.78 is 5.45. The second-order valence-corrected chi connectivity index (χ2v) is 9.28. The second-order valence-electron chi connectivity index (χ2n) is 9.28. The quantitative estimate of drug-likeness (QED) is 0.837. The molecule has 1 amide bonds. The van der Waals surface area contributed by atoms with Crippen molar-refractivity contribution in [1.29, 1.82) is 0 Å². The summed E-state index contributed by atoms with van der Waals surface area (Å²) in [5.74, 6) is 0. The fourth-order valence-corrected chi connectivity index (χ4v) is 3.35. The molecule has 0 aromatic rings. The molecule has 2 N–H and O–H groups in total. The number of aliphatic hydroxyl groups excluding tert-OH is 1. The number of likely N-dealkylation sites (tertiary alicyclic amines) is 1. The minimum Gasteiger partial charge on any atom is -0.444 e. The van der Waals surface area contributed by atoms with E-state index in [1.165, 1.54) is 0 Å². The van der Waals surface area contributed by atoms with Crippen LogP contribution in [-0.2, 0) is 4.74 Å². The summed E-state index contributed by atoms with van der Waals surface area (Å²) in [5.41, 5.74) is -0.265. The van der Waals surface area contributed by atoms with Crippen molar-refractivity contribution in [3.63, 3.8) is 0 Å². The molecule has 2 unspecified atom stereocenters. The van der Waals surface area contributed by atoms with Gasteiger partial charge in [0.15, 0.2) is 0 Å². The van der Waals surface area contributed by atoms with Crippen LogP contribution in [0.15, 0.2) is 0 Å². The van der Waals surface area contributed by atoms with E-state index in [1.807, 2.05) is 25.7 Å². The summed E-state index contributed by atoms with van der Waals surface area (Å²) in [5, 5.41) is 13.5. The van der Waals surface area contributed by atoms with Gasteiger partial charge in [-0.1, -0.05) is 20.8 Å². The van der Waals surface area contributed by atoms with Gasteiger partial charge in [-0.3, -0.25) is 0 Å². The molecular weight excluding hydrogens is 292 g/mol. The number of aliphatic hydroxyl groups is 1. The predicted molar refractivity (Wildman–Crippen MR) is 91.3 cm³/mol. The van der Waals surface area contributed by atoms with Crippen LogP contribution in [0, 0.1) is 10.8 Å². The zero-order valence-electron chi connectivity index (χ0n) is 15.6. The first kappa shape index (κ1) is 18.5. The molecule has 0 aromatic carbocycles. The maximum atomic E-state index is 12.1. The van der Waals surface area contributed by atoms with Crippen LogP contribution in [0.1, 0.15) is 60.8 Å². The van der Waals surface area contributed by atoms with Crippen LogP contribution in [0.2, 0.25) is 0 Å². The van der Waals surface area contributed by atoms with Crippen molar-refractivity contribution in [3.05, 3.63) is 0 Å². The first-order valence-corrected chi connectivity index (χ1v) is 8.82. The Bertz CT molecular complexity index is 434. The lowest BCUT2D eigenvalue weighted by Crippen LogP contribution is -2.61. The summed E-state index contributed by atoms with van der Waals surface area (Å²) in [4.78, 5) is 14.0. The Morgan fingerprint density at radius 1 is 1.26 bits per heavy atom. The first-order chi connectivity index (χ1) is 10.4. The van der Waals surface area contributed by atoms with Gasteiger partial charge in [-0.05, 0) is 45.4 Å². The number of carbonyl (C=O) groups is 1. The van der Waals surface area contributed by atoms with Crippen molar-refractivity contribution in [1.82, 2.24) is 10.2 Å². The van der Waals surface area contributed by atoms with Crippen molar-refractivity contribution in [2.75, 3.05) is 19.6 Å². The van der Waals surface area contributed by atoms with Crippen molar-refractivity contribution in [2.24, 2.45) is 10.8 Å². The van der Waals surface area contributed by atoms with Gasteiger partial charge in [0.25, 0.3) is 0 Å². The maximum Gasteiger partial charge on any atom is 0.410 e. The normalized spacial score (nSPS) is 29.8. The van der Waals surface area contributed by atoms with Crippen LogP contribution in [0.4, 0.5) is 4.79 Å². The van der Waals surface area contributed by atoms with E-state index in [9.17, 15) is 9.90 Å². The highest BCUT2D eigenvalue weighted by molar-refractivity contribution is 5.68. The molecule has 2 aliphatic rings. The molecule has 134 valence electrons. The van der Waals surface area contributed by atoms with E-state index in [1.54, 1.807) is 0 Å². The molecule has 0 radical (unpaired) electrons. The molecule has 2 rings (SSSR count). The largest absolute Gasteiger partial charge is 0.444 e. The fourth-order valence-electron chi connectivity index (χ4n) is 3.35. The SMILES string of the molecule is CC1(CNC2CC(O)C2(C)C)CCN(C(=O)OC(C)(C)C)CC1. The van der Waals surface area contributed by atoms with E-state index in [0.29, 0.717) is 6.04 Å². The van der Waals surface area contributed by atoms with Crippen LogP contribution in [0.3, 0.4) is 0 Å².